The van der Waals surface area contributed by atoms with Gasteiger partial charge in [0.25, 0.3) is 5.91 Å². The van der Waals surface area contributed by atoms with E-state index in [2.05, 4.69) is 20.9 Å². The molecule has 2 amide bonds. The first-order chi connectivity index (χ1) is 12.8. The van der Waals surface area contributed by atoms with E-state index >= 15 is 0 Å². The number of likely N-dealkylation sites (tertiary alicyclic amines) is 1. The minimum Gasteiger partial charge on any atom is -0.459 e. The number of nitrogens with one attached hydrogen (secondary N) is 3. The van der Waals surface area contributed by atoms with Crippen LogP contribution in [-0.2, 0) is 4.74 Å². The smallest absolute Gasteiger partial charge is 0.410 e. The van der Waals surface area contributed by atoms with Crippen LogP contribution >= 0.6 is 0 Å². The molecule has 0 atom stereocenters. The van der Waals surface area contributed by atoms with Gasteiger partial charge in [-0.15, -0.1) is 0 Å². The molecular formula is C18H29N5O4. The van der Waals surface area contributed by atoms with E-state index in [0.29, 0.717) is 38.7 Å². The zero-order valence-corrected chi connectivity index (χ0v) is 16.4. The Labute approximate surface area is 159 Å². The van der Waals surface area contributed by atoms with Crippen LogP contribution in [0.5, 0.6) is 0 Å². The van der Waals surface area contributed by atoms with Gasteiger partial charge in [-0.25, -0.2) is 4.79 Å². The Morgan fingerprint density at radius 2 is 2.07 bits per heavy atom. The second-order valence-electron chi connectivity index (χ2n) is 7.22. The molecule has 1 fully saturated rings. The average molecular weight is 379 g/mol. The standard InChI is InChI=1S/C18H29N5O4/c1-5-19-16(21-9-8-20-15(24)14-7-6-10-26-14)22-13-11-23(12-13)17(25)27-18(2,3)4/h6-7,10,13H,5,8-9,11-12H2,1-4H3,(H,20,24)(H2,19,21,22). The van der Waals surface area contributed by atoms with Crippen molar-refractivity contribution < 1.29 is 18.7 Å². The molecule has 9 nitrogen and oxygen atoms in total. The van der Waals surface area contributed by atoms with E-state index in [9.17, 15) is 9.59 Å². The number of hydrogen-bond donors (Lipinski definition) is 3. The SMILES string of the molecule is CCNC(=NCCNC(=O)c1ccco1)NC1CN(C(=O)OC(C)(C)C)C1. The van der Waals surface area contributed by atoms with Gasteiger partial charge in [0.15, 0.2) is 11.7 Å². The Kier molecular flexibility index (Phi) is 7.09. The molecule has 2 rings (SSSR count). The summed E-state index contributed by atoms with van der Waals surface area (Å²) in [4.78, 5) is 29.8. The van der Waals surface area contributed by atoms with Crippen LogP contribution in [0.15, 0.2) is 27.8 Å². The molecule has 27 heavy (non-hydrogen) atoms. The Hall–Kier alpha value is -2.71. The van der Waals surface area contributed by atoms with Gasteiger partial charge in [-0.3, -0.25) is 9.79 Å². The minimum atomic E-state index is -0.494. The monoisotopic (exact) mass is 379 g/mol. The quantitative estimate of drug-likeness (QED) is 0.389. The van der Waals surface area contributed by atoms with Gasteiger partial charge < -0.3 is 30.0 Å². The van der Waals surface area contributed by atoms with Crippen molar-refractivity contribution in [2.24, 2.45) is 4.99 Å². The fourth-order valence-corrected chi connectivity index (χ4v) is 2.39. The van der Waals surface area contributed by atoms with Crippen LogP contribution in [0.1, 0.15) is 38.2 Å². The second-order valence-corrected chi connectivity index (χ2v) is 7.22. The highest BCUT2D eigenvalue weighted by Gasteiger charge is 2.34. The molecule has 1 aliphatic heterocycles. The molecule has 150 valence electrons. The summed E-state index contributed by atoms with van der Waals surface area (Å²) in [5, 5.41) is 9.17. The Morgan fingerprint density at radius 3 is 2.67 bits per heavy atom. The van der Waals surface area contributed by atoms with Crippen LogP contribution in [0.3, 0.4) is 0 Å². The summed E-state index contributed by atoms with van der Waals surface area (Å²) >= 11 is 0. The minimum absolute atomic E-state index is 0.119. The predicted octanol–water partition coefficient (Wildman–Crippen LogP) is 1.18. The van der Waals surface area contributed by atoms with Crippen molar-refractivity contribution in [3.8, 4) is 0 Å². The fraction of sp³-hybridized carbons (Fsp3) is 0.611. The maximum absolute atomic E-state index is 12.0. The highest BCUT2D eigenvalue weighted by molar-refractivity contribution is 5.91. The molecular weight excluding hydrogens is 350 g/mol. The molecule has 0 bridgehead atoms. The van der Waals surface area contributed by atoms with Gasteiger partial charge in [0.05, 0.1) is 18.8 Å². The lowest BCUT2D eigenvalue weighted by Gasteiger charge is -2.40. The van der Waals surface area contributed by atoms with E-state index in [4.69, 9.17) is 9.15 Å². The number of guanidine groups is 1. The number of ether oxygens (including phenoxy) is 1. The molecule has 1 aromatic heterocycles. The third kappa shape index (κ3) is 6.84. The van der Waals surface area contributed by atoms with Crippen molar-refractivity contribution in [2.45, 2.75) is 39.3 Å². The van der Waals surface area contributed by atoms with Crippen molar-refractivity contribution in [3.05, 3.63) is 24.2 Å². The summed E-state index contributed by atoms with van der Waals surface area (Å²) in [5.41, 5.74) is -0.494. The highest BCUT2D eigenvalue weighted by atomic mass is 16.6. The third-order valence-electron chi connectivity index (χ3n) is 3.63. The molecule has 0 radical (unpaired) electrons. The van der Waals surface area contributed by atoms with Crippen LogP contribution in [0.2, 0.25) is 0 Å². The molecule has 9 heteroatoms. The normalized spacial score (nSPS) is 15.1. The van der Waals surface area contributed by atoms with Crippen molar-refractivity contribution >= 4 is 18.0 Å². The molecule has 2 heterocycles. The van der Waals surface area contributed by atoms with E-state index in [1.807, 2.05) is 27.7 Å². The number of carbonyl (C=O) groups is 2. The van der Waals surface area contributed by atoms with Crippen LogP contribution in [-0.4, -0.2) is 67.2 Å². The fourth-order valence-electron chi connectivity index (χ4n) is 2.39. The summed E-state index contributed by atoms with van der Waals surface area (Å²) in [5.74, 6) is 0.666. The van der Waals surface area contributed by atoms with E-state index in [-0.39, 0.29) is 23.8 Å². The number of hydrogen-bond acceptors (Lipinski definition) is 5. The molecule has 0 unspecified atom stereocenters. The lowest BCUT2D eigenvalue weighted by Crippen LogP contribution is -2.63. The number of rotatable bonds is 6. The van der Waals surface area contributed by atoms with E-state index in [1.54, 1.807) is 17.0 Å². The Bertz CT molecular complexity index is 645. The largest absolute Gasteiger partial charge is 0.459 e. The van der Waals surface area contributed by atoms with Crippen LogP contribution in [0.25, 0.3) is 0 Å². The van der Waals surface area contributed by atoms with Crippen LogP contribution < -0.4 is 16.0 Å². The first-order valence-electron chi connectivity index (χ1n) is 9.13. The van der Waals surface area contributed by atoms with Gasteiger partial charge in [0.2, 0.25) is 0 Å². The summed E-state index contributed by atoms with van der Waals surface area (Å²) in [6.45, 7) is 10.2. The molecule has 1 aromatic rings. The third-order valence-corrected chi connectivity index (χ3v) is 3.63. The summed E-state index contributed by atoms with van der Waals surface area (Å²) in [7, 11) is 0. The molecule has 0 aliphatic carbocycles. The van der Waals surface area contributed by atoms with Gasteiger partial charge in [-0.05, 0) is 39.8 Å². The summed E-state index contributed by atoms with van der Waals surface area (Å²) in [6.07, 6.45) is 1.16. The number of aliphatic imine (C=N–C) groups is 1. The lowest BCUT2D eigenvalue weighted by atomic mass is 10.1. The lowest BCUT2D eigenvalue weighted by molar-refractivity contribution is 0.00700. The number of furan rings is 1. The molecule has 0 saturated carbocycles. The highest BCUT2D eigenvalue weighted by Crippen LogP contribution is 2.15. The molecule has 3 N–H and O–H groups in total. The maximum atomic E-state index is 12.0. The van der Waals surface area contributed by atoms with Gasteiger partial charge >= 0.3 is 6.09 Å². The van der Waals surface area contributed by atoms with Crippen LogP contribution in [0.4, 0.5) is 4.79 Å². The van der Waals surface area contributed by atoms with Crippen LogP contribution in [0, 0.1) is 0 Å². The topological polar surface area (TPSA) is 108 Å². The molecule has 1 aliphatic rings. The zero-order valence-electron chi connectivity index (χ0n) is 16.4. The van der Waals surface area contributed by atoms with Gasteiger partial charge in [0.1, 0.15) is 5.60 Å². The van der Waals surface area contributed by atoms with E-state index in [0.717, 1.165) is 0 Å². The predicted molar refractivity (Wildman–Crippen MR) is 102 cm³/mol. The summed E-state index contributed by atoms with van der Waals surface area (Å²) < 4.78 is 10.4. The average Bonchev–Trinajstić information content (AvgIpc) is 3.06. The van der Waals surface area contributed by atoms with Gasteiger partial charge in [0, 0.05) is 26.2 Å². The molecule has 0 aromatic carbocycles. The number of nitrogens with zero attached hydrogens (tertiary/aromatic N) is 2. The van der Waals surface area contributed by atoms with Crippen molar-refractivity contribution in [1.29, 1.82) is 0 Å². The number of carbonyl (C=O) groups excluding carboxylic acids is 2. The number of amides is 2. The van der Waals surface area contributed by atoms with Gasteiger partial charge in [-0.2, -0.15) is 0 Å². The van der Waals surface area contributed by atoms with Crippen molar-refractivity contribution in [2.75, 3.05) is 32.7 Å². The Balaban J connectivity index is 1.71. The van der Waals surface area contributed by atoms with E-state index in [1.165, 1.54) is 6.26 Å². The van der Waals surface area contributed by atoms with Crippen molar-refractivity contribution in [1.82, 2.24) is 20.9 Å². The first-order valence-corrected chi connectivity index (χ1v) is 9.13. The molecule has 0 spiro atoms. The Morgan fingerprint density at radius 1 is 1.33 bits per heavy atom. The zero-order chi connectivity index (χ0) is 19.9. The summed E-state index contributed by atoms with van der Waals surface area (Å²) in [6, 6.07) is 3.39. The van der Waals surface area contributed by atoms with E-state index < -0.39 is 5.60 Å². The first kappa shape index (κ1) is 20.6. The van der Waals surface area contributed by atoms with Crippen molar-refractivity contribution in [3.63, 3.8) is 0 Å². The second kappa shape index (κ2) is 9.29. The maximum Gasteiger partial charge on any atom is 0.410 e. The molecule has 1 saturated heterocycles. The van der Waals surface area contributed by atoms with Gasteiger partial charge in [-0.1, -0.05) is 0 Å².